The first-order valence-corrected chi connectivity index (χ1v) is 7.42. The van der Waals surface area contributed by atoms with E-state index in [9.17, 15) is 10.4 Å². The minimum Gasteiger partial charge on any atom is -0.132 e. The van der Waals surface area contributed by atoms with Gasteiger partial charge in [0.25, 0.3) is 0 Å². The topological polar surface area (TPSA) is 46.3 Å². The van der Waals surface area contributed by atoms with Gasteiger partial charge in [0.15, 0.2) is 0 Å². The zero-order valence-corrected chi connectivity index (χ0v) is 13.5. The Hall–Kier alpha value is -0.600. The van der Waals surface area contributed by atoms with E-state index in [0.717, 1.165) is 35.8 Å². The summed E-state index contributed by atoms with van der Waals surface area (Å²) in [4.78, 5) is 0. The first-order valence-electron chi connectivity index (χ1n) is 7.42. The Labute approximate surface area is 122 Å². The molecule has 0 aliphatic carbocycles. The maximum atomic E-state index is 12.4. The molecule has 2 radical (unpaired) electrons. The molecular weight excluding hydrogens is 252 g/mol. The normalized spacial score (nSPS) is 40.6. The molecule has 2 saturated heterocycles. The summed E-state index contributed by atoms with van der Waals surface area (Å²) in [6.45, 7) is 11.6. The van der Waals surface area contributed by atoms with Gasteiger partial charge in [0.05, 0.1) is 0 Å². The second kappa shape index (κ2) is 4.45. The molecule has 2 atom stereocenters. The first kappa shape index (κ1) is 15.8. The van der Waals surface area contributed by atoms with Crippen LogP contribution >= 0.6 is 0 Å². The molecule has 0 saturated carbocycles. The quantitative estimate of drug-likeness (QED) is 0.640. The molecule has 0 aromatic rings. The van der Waals surface area contributed by atoms with Crippen LogP contribution in [0.25, 0.3) is 0 Å². The highest BCUT2D eigenvalue weighted by molar-refractivity contribution is 5.28. The molecule has 0 spiro atoms. The van der Waals surface area contributed by atoms with E-state index in [1.807, 2.05) is 41.5 Å². The van der Waals surface area contributed by atoms with Crippen molar-refractivity contribution in [3.05, 3.63) is 0 Å². The Morgan fingerprint density at radius 2 is 0.950 bits per heavy atom. The molecule has 2 unspecified atom stereocenters. The molecule has 112 valence electrons. The molecular formula is C16H26N2O2. The van der Waals surface area contributed by atoms with E-state index < -0.39 is 11.1 Å². The lowest BCUT2D eigenvalue weighted by Gasteiger charge is -2.33. The van der Waals surface area contributed by atoms with Crippen molar-refractivity contribution < 1.29 is 10.4 Å². The van der Waals surface area contributed by atoms with Gasteiger partial charge in [-0.25, -0.2) is 0 Å². The number of hydrogen-bond donors (Lipinski definition) is 0. The van der Waals surface area contributed by atoms with Crippen molar-refractivity contribution in [3.63, 3.8) is 0 Å². The Morgan fingerprint density at radius 1 is 0.650 bits per heavy atom. The molecule has 2 aliphatic rings. The second-order valence-electron chi connectivity index (χ2n) is 8.01. The fraction of sp³-hybridized carbons (Fsp3) is 0.875. The predicted molar refractivity (Wildman–Crippen MR) is 76.3 cm³/mol. The summed E-state index contributed by atoms with van der Waals surface area (Å²) in [6, 6.07) is 0. The van der Waals surface area contributed by atoms with Crippen LogP contribution in [-0.4, -0.2) is 32.3 Å². The third-order valence-electron chi connectivity index (χ3n) is 5.04. The number of hydroxylamine groups is 4. The van der Waals surface area contributed by atoms with Gasteiger partial charge in [0.2, 0.25) is 0 Å². The van der Waals surface area contributed by atoms with E-state index in [0.29, 0.717) is 0 Å². The van der Waals surface area contributed by atoms with Gasteiger partial charge < -0.3 is 0 Å². The molecule has 2 aliphatic heterocycles. The molecule has 4 nitrogen and oxygen atoms in total. The summed E-state index contributed by atoms with van der Waals surface area (Å²) < 4.78 is 0. The third-order valence-corrected chi connectivity index (χ3v) is 5.04. The van der Waals surface area contributed by atoms with Gasteiger partial charge in [-0.15, -0.1) is 20.5 Å². The van der Waals surface area contributed by atoms with Crippen molar-refractivity contribution >= 4 is 0 Å². The highest BCUT2D eigenvalue weighted by atomic mass is 16.5. The average molecular weight is 278 g/mol. The summed E-state index contributed by atoms with van der Waals surface area (Å²) in [5, 5.41) is 27.0. The lowest BCUT2D eigenvalue weighted by molar-refractivity contribution is -0.237. The van der Waals surface area contributed by atoms with Crippen LogP contribution in [-0.2, 0) is 10.4 Å². The Bertz CT molecular complexity index is 423. The molecule has 0 aromatic carbocycles. The van der Waals surface area contributed by atoms with Crippen LogP contribution in [0.5, 0.6) is 0 Å². The molecule has 0 amide bonds. The average Bonchev–Trinajstić information content (AvgIpc) is 2.70. The van der Waals surface area contributed by atoms with Crippen LogP contribution in [0.1, 0.15) is 67.2 Å². The maximum Gasteiger partial charge on any atom is 0.107 e. The standard InChI is InChI=1S/C16H26N2O2/c1-13(2)7-9-15(5,17(13)19)11-12-16(6)10-8-14(3,4)18(16)20/h7-10H2,1-6H3. The zero-order valence-electron chi connectivity index (χ0n) is 13.5. The van der Waals surface area contributed by atoms with E-state index in [4.69, 9.17) is 0 Å². The fourth-order valence-electron chi connectivity index (χ4n) is 3.34. The summed E-state index contributed by atoms with van der Waals surface area (Å²) in [5.74, 6) is 6.27. The van der Waals surface area contributed by atoms with Gasteiger partial charge >= 0.3 is 0 Å². The number of rotatable bonds is 0. The smallest absolute Gasteiger partial charge is 0.107 e. The van der Waals surface area contributed by atoms with Crippen molar-refractivity contribution in [2.75, 3.05) is 0 Å². The summed E-state index contributed by atoms with van der Waals surface area (Å²) >= 11 is 0. The lowest BCUT2D eigenvalue weighted by Crippen LogP contribution is -2.48. The summed E-state index contributed by atoms with van der Waals surface area (Å²) in [6.07, 6.45) is 3.19. The first-order chi connectivity index (χ1) is 8.93. The van der Waals surface area contributed by atoms with Crippen molar-refractivity contribution in [3.8, 4) is 11.8 Å². The molecule has 2 rings (SSSR count). The number of nitrogens with zero attached hydrogens (tertiary/aromatic N) is 2. The lowest BCUT2D eigenvalue weighted by atomic mass is 9.95. The highest BCUT2D eigenvalue weighted by Gasteiger charge is 2.50. The molecule has 0 N–H and O–H groups in total. The van der Waals surface area contributed by atoms with Gasteiger partial charge in [0, 0.05) is 11.1 Å². The fourth-order valence-corrected chi connectivity index (χ4v) is 3.34. The van der Waals surface area contributed by atoms with E-state index in [2.05, 4.69) is 11.8 Å². The number of hydrogen-bond acceptors (Lipinski definition) is 2. The van der Waals surface area contributed by atoms with Crippen LogP contribution in [0.15, 0.2) is 0 Å². The van der Waals surface area contributed by atoms with Gasteiger partial charge in [-0.2, -0.15) is 0 Å². The van der Waals surface area contributed by atoms with Crippen LogP contribution in [0.4, 0.5) is 0 Å². The minimum atomic E-state index is -0.667. The van der Waals surface area contributed by atoms with Gasteiger partial charge in [0.1, 0.15) is 11.1 Å². The Balaban J connectivity index is 2.24. The van der Waals surface area contributed by atoms with Crippen LogP contribution in [0, 0.1) is 11.8 Å². The van der Waals surface area contributed by atoms with E-state index in [-0.39, 0.29) is 11.1 Å². The van der Waals surface area contributed by atoms with Gasteiger partial charge in [-0.05, 0) is 67.2 Å². The minimum absolute atomic E-state index is 0.365. The third kappa shape index (κ3) is 2.37. The van der Waals surface area contributed by atoms with Gasteiger partial charge in [-0.1, -0.05) is 11.8 Å². The molecule has 0 aromatic heterocycles. The summed E-state index contributed by atoms with van der Waals surface area (Å²) in [5.41, 5.74) is -2.06. The molecule has 2 fully saturated rings. The van der Waals surface area contributed by atoms with Crippen molar-refractivity contribution in [1.29, 1.82) is 0 Å². The monoisotopic (exact) mass is 278 g/mol. The zero-order chi connectivity index (χ0) is 15.4. The largest absolute Gasteiger partial charge is 0.132 e. The van der Waals surface area contributed by atoms with Crippen LogP contribution in [0.2, 0.25) is 0 Å². The Morgan fingerprint density at radius 3 is 1.15 bits per heavy atom. The van der Waals surface area contributed by atoms with Crippen LogP contribution < -0.4 is 0 Å². The predicted octanol–water partition coefficient (Wildman–Crippen LogP) is 2.95. The molecule has 4 heteroatoms. The second-order valence-corrected chi connectivity index (χ2v) is 8.01. The van der Waals surface area contributed by atoms with Crippen molar-refractivity contribution in [2.24, 2.45) is 0 Å². The van der Waals surface area contributed by atoms with E-state index >= 15 is 0 Å². The maximum absolute atomic E-state index is 12.4. The SMILES string of the molecule is CC1(C)CCC(C)(C#CC2(C)CCC(C)(C)N2[O])N1[O]. The molecule has 2 heterocycles. The van der Waals surface area contributed by atoms with E-state index in [1.165, 1.54) is 0 Å². The van der Waals surface area contributed by atoms with Crippen molar-refractivity contribution in [2.45, 2.75) is 89.4 Å². The van der Waals surface area contributed by atoms with Crippen molar-refractivity contribution in [1.82, 2.24) is 10.1 Å². The van der Waals surface area contributed by atoms with Gasteiger partial charge in [-0.3, -0.25) is 0 Å². The van der Waals surface area contributed by atoms with E-state index in [1.54, 1.807) is 0 Å². The molecule has 20 heavy (non-hydrogen) atoms. The Kier molecular flexibility index (Phi) is 3.51. The summed E-state index contributed by atoms with van der Waals surface area (Å²) in [7, 11) is 0. The molecule has 0 bridgehead atoms. The van der Waals surface area contributed by atoms with Crippen LogP contribution in [0.3, 0.4) is 0 Å². The highest BCUT2D eigenvalue weighted by Crippen LogP contribution is 2.41.